The summed E-state index contributed by atoms with van der Waals surface area (Å²) in [6, 6.07) is 12.6. The number of nitrogens with zero attached hydrogens (tertiary/aromatic N) is 1. The maximum Gasteiger partial charge on any atom is 0.335 e. The van der Waals surface area contributed by atoms with Gasteiger partial charge in [-0.3, -0.25) is 4.79 Å². The van der Waals surface area contributed by atoms with Gasteiger partial charge in [0.25, 0.3) is 5.91 Å². The first-order chi connectivity index (χ1) is 12.4. The lowest BCUT2D eigenvalue weighted by Crippen LogP contribution is -2.17. The Labute approximate surface area is 150 Å². The van der Waals surface area contributed by atoms with E-state index in [2.05, 4.69) is 10.6 Å². The van der Waals surface area contributed by atoms with Gasteiger partial charge in [0.2, 0.25) is 0 Å². The van der Waals surface area contributed by atoms with Crippen molar-refractivity contribution in [1.29, 1.82) is 5.26 Å². The Balaban J connectivity index is 1.99. The van der Waals surface area contributed by atoms with Crippen molar-refractivity contribution < 1.29 is 19.8 Å². The summed E-state index contributed by atoms with van der Waals surface area (Å²) in [5.74, 6) is -1.49. The first-order valence-electron chi connectivity index (χ1n) is 7.67. The molecule has 0 saturated carbocycles. The number of aryl methyl sites for hydroxylation is 1. The van der Waals surface area contributed by atoms with E-state index in [9.17, 15) is 14.7 Å². The lowest BCUT2D eigenvalue weighted by Gasteiger charge is -2.08. The van der Waals surface area contributed by atoms with Gasteiger partial charge in [-0.2, -0.15) is 5.26 Å². The minimum absolute atomic E-state index is 0.0899. The molecule has 0 unspecified atom stereocenters. The number of aromatic hydroxyl groups is 1. The lowest BCUT2D eigenvalue weighted by atomic mass is 10.1. The number of nitrogens with one attached hydrogen (secondary N) is 2. The van der Waals surface area contributed by atoms with Crippen molar-refractivity contribution in [2.24, 2.45) is 0 Å². The fraction of sp³-hybridized carbons (Fsp3) is 0.105. The fourth-order valence-corrected chi connectivity index (χ4v) is 2.16. The van der Waals surface area contributed by atoms with Gasteiger partial charge in [-0.05, 0) is 48.4 Å². The molecule has 0 radical (unpaired) electrons. The minimum Gasteiger partial charge on any atom is -0.508 e. The Morgan fingerprint density at radius 2 is 1.88 bits per heavy atom. The number of hydrogen-bond acceptors (Lipinski definition) is 5. The summed E-state index contributed by atoms with van der Waals surface area (Å²) < 4.78 is 0. The van der Waals surface area contributed by atoms with E-state index in [1.807, 2.05) is 6.07 Å². The molecule has 0 spiro atoms. The first-order valence-corrected chi connectivity index (χ1v) is 7.67. The van der Waals surface area contributed by atoms with Crippen LogP contribution in [0.4, 0.5) is 5.69 Å². The van der Waals surface area contributed by atoms with E-state index in [1.165, 1.54) is 30.5 Å². The second kappa shape index (κ2) is 8.35. The monoisotopic (exact) mass is 351 g/mol. The van der Waals surface area contributed by atoms with E-state index >= 15 is 0 Å². The molecule has 0 heterocycles. The number of phenolic OH excluding ortho intramolecular Hbond substituents is 1. The molecule has 0 bridgehead atoms. The van der Waals surface area contributed by atoms with Crippen molar-refractivity contribution in [1.82, 2.24) is 5.32 Å². The zero-order valence-electron chi connectivity index (χ0n) is 14.0. The van der Waals surface area contributed by atoms with E-state index in [-0.39, 0.29) is 16.9 Å². The summed E-state index contributed by atoms with van der Waals surface area (Å²) >= 11 is 0. The molecule has 4 N–H and O–H groups in total. The molecule has 132 valence electrons. The second-order valence-corrected chi connectivity index (χ2v) is 5.51. The third kappa shape index (κ3) is 4.85. The Hall–Kier alpha value is -3.79. The van der Waals surface area contributed by atoms with Gasteiger partial charge in [-0.1, -0.05) is 12.1 Å². The zero-order chi connectivity index (χ0) is 19.1. The zero-order valence-corrected chi connectivity index (χ0v) is 14.0. The van der Waals surface area contributed by atoms with Crippen LogP contribution in [0.5, 0.6) is 5.75 Å². The number of carboxylic acids is 1. The van der Waals surface area contributed by atoms with Crippen molar-refractivity contribution >= 4 is 17.6 Å². The minimum atomic E-state index is -1.00. The highest BCUT2D eigenvalue weighted by Gasteiger charge is 2.11. The molecule has 0 aliphatic carbocycles. The van der Waals surface area contributed by atoms with Crippen LogP contribution in [0.3, 0.4) is 0 Å². The first kappa shape index (κ1) is 18.5. The highest BCUT2D eigenvalue weighted by molar-refractivity contribution is 6.06. The van der Waals surface area contributed by atoms with Crippen molar-refractivity contribution in [3.63, 3.8) is 0 Å². The second-order valence-electron chi connectivity index (χ2n) is 5.51. The van der Waals surface area contributed by atoms with Crippen LogP contribution in [-0.4, -0.2) is 22.1 Å². The molecule has 2 rings (SSSR count). The number of nitriles is 1. The Bertz CT molecular complexity index is 896. The summed E-state index contributed by atoms with van der Waals surface area (Å²) in [7, 11) is 0. The molecule has 7 heteroatoms. The number of anilines is 1. The van der Waals surface area contributed by atoms with E-state index < -0.39 is 11.9 Å². The van der Waals surface area contributed by atoms with Gasteiger partial charge in [0.05, 0.1) is 5.56 Å². The predicted octanol–water partition coefficient (Wildman–Crippen LogP) is 2.53. The van der Waals surface area contributed by atoms with Crippen LogP contribution in [0.1, 0.15) is 21.5 Å². The molecule has 0 fully saturated rings. The summed E-state index contributed by atoms with van der Waals surface area (Å²) in [5, 5.41) is 32.9. The van der Waals surface area contributed by atoms with Crippen molar-refractivity contribution in [2.75, 3.05) is 5.32 Å². The molecule has 1 amide bonds. The molecule has 0 aliphatic heterocycles. The average Bonchev–Trinajstić information content (AvgIpc) is 2.61. The van der Waals surface area contributed by atoms with Crippen LogP contribution in [0, 0.1) is 18.3 Å². The number of amides is 1. The van der Waals surface area contributed by atoms with Crippen LogP contribution >= 0.6 is 0 Å². The van der Waals surface area contributed by atoms with E-state index in [4.69, 9.17) is 10.4 Å². The molecule has 0 saturated heterocycles. The molecule has 2 aromatic rings. The Morgan fingerprint density at radius 3 is 2.46 bits per heavy atom. The van der Waals surface area contributed by atoms with E-state index in [0.717, 1.165) is 5.56 Å². The number of carboxylic acid groups (broad SMARTS) is 1. The number of rotatable bonds is 6. The molecule has 26 heavy (non-hydrogen) atoms. The van der Waals surface area contributed by atoms with Gasteiger partial charge in [0.1, 0.15) is 17.4 Å². The van der Waals surface area contributed by atoms with E-state index in [0.29, 0.717) is 17.8 Å². The van der Waals surface area contributed by atoms with Crippen LogP contribution in [0.25, 0.3) is 0 Å². The van der Waals surface area contributed by atoms with Gasteiger partial charge in [-0.15, -0.1) is 0 Å². The quantitative estimate of drug-likeness (QED) is 0.360. The lowest BCUT2D eigenvalue weighted by molar-refractivity contribution is -0.112. The summed E-state index contributed by atoms with van der Waals surface area (Å²) in [6.07, 6.45) is 1.30. The van der Waals surface area contributed by atoms with Crippen LogP contribution < -0.4 is 10.6 Å². The smallest absolute Gasteiger partial charge is 0.335 e. The summed E-state index contributed by atoms with van der Waals surface area (Å²) in [6.45, 7) is 2.06. The van der Waals surface area contributed by atoms with Gasteiger partial charge < -0.3 is 20.8 Å². The van der Waals surface area contributed by atoms with Crippen LogP contribution in [0.15, 0.2) is 54.2 Å². The van der Waals surface area contributed by atoms with Gasteiger partial charge in [0.15, 0.2) is 0 Å². The topological polar surface area (TPSA) is 122 Å². The number of benzene rings is 2. The number of phenols is 1. The number of carbonyl (C=O) groups is 2. The van der Waals surface area contributed by atoms with Gasteiger partial charge in [0, 0.05) is 18.4 Å². The Morgan fingerprint density at radius 1 is 1.19 bits per heavy atom. The third-order valence-electron chi connectivity index (χ3n) is 3.58. The molecular weight excluding hydrogens is 334 g/mol. The molecular formula is C19H17N3O4. The van der Waals surface area contributed by atoms with Gasteiger partial charge in [-0.25, -0.2) is 4.79 Å². The Kier molecular flexibility index (Phi) is 5.96. The highest BCUT2D eigenvalue weighted by atomic mass is 16.4. The standard InChI is InChI=1S/C19H17N3O4/c1-12-8-16(23)6-7-17(12)22-18(24)15(9-20)11-21-10-13-2-4-14(5-3-13)19(25)26/h2-8,11,21,23H,10H2,1H3,(H,22,24)(H,25,26)/b15-11-. The normalized spacial score (nSPS) is 10.7. The summed E-state index contributed by atoms with van der Waals surface area (Å²) in [5.41, 5.74) is 2.05. The number of carbonyl (C=O) groups excluding carboxylic acids is 1. The summed E-state index contributed by atoms with van der Waals surface area (Å²) in [4.78, 5) is 23.0. The molecule has 7 nitrogen and oxygen atoms in total. The SMILES string of the molecule is Cc1cc(O)ccc1NC(=O)/C(C#N)=C\NCc1ccc(C(=O)O)cc1. The van der Waals surface area contributed by atoms with Crippen molar-refractivity contribution in [2.45, 2.75) is 13.5 Å². The predicted molar refractivity (Wildman–Crippen MR) is 95.4 cm³/mol. The van der Waals surface area contributed by atoms with E-state index in [1.54, 1.807) is 25.1 Å². The van der Waals surface area contributed by atoms with Crippen molar-refractivity contribution in [3.8, 4) is 11.8 Å². The largest absolute Gasteiger partial charge is 0.508 e. The van der Waals surface area contributed by atoms with Crippen LogP contribution in [-0.2, 0) is 11.3 Å². The average molecular weight is 351 g/mol. The number of aromatic carboxylic acids is 1. The van der Waals surface area contributed by atoms with Gasteiger partial charge >= 0.3 is 5.97 Å². The molecule has 0 aliphatic rings. The van der Waals surface area contributed by atoms with Crippen molar-refractivity contribution in [3.05, 3.63) is 70.9 Å². The third-order valence-corrected chi connectivity index (χ3v) is 3.58. The van der Waals surface area contributed by atoms with Crippen LogP contribution in [0.2, 0.25) is 0 Å². The maximum atomic E-state index is 12.2. The maximum absolute atomic E-state index is 12.2. The molecule has 0 atom stereocenters. The molecule has 2 aromatic carbocycles. The molecule has 0 aromatic heterocycles. The fourth-order valence-electron chi connectivity index (χ4n) is 2.16. The highest BCUT2D eigenvalue weighted by Crippen LogP contribution is 2.20. The number of hydrogen-bond donors (Lipinski definition) is 4.